The number of esters is 3. The molecule has 12 heteroatoms. The van der Waals surface area contributed by atoms with Crippen molar-refractivity contribution in [2.45, 2.75) is 315 Å². The van der Waals surface area contributed by atoms with Crippen molar-refractivity contribution in [2.75, 3.05) is 26.4 Å². The predicted octanol–water partition coefficient (Wildman–Crippen LogP) is 18.9. The van der Waals surface area contributed by atoms with Crippen LogP contribution in [0.3, 0.4) is 0 Å². The standard InChI is InChI=1S/C64H117O11P/c1-4-7-10-13-16-19-22-25-28-30-33-35-38-41-44-47-50-53-62(66)71-57-61(75-64(68)55-52-49-46-43-40-37-34-31-29-26-23-20-17-14-11-8-5-2)59-73-76(69,70)72-58-60(56-65)74-63(67)54-51-48-45-42-39-36-32-27-24-21-18-15-12-9-6-3/h7,10,16,19,25-26,28-29,60-61,65H,4-6,8-9,11-15,17-18,20-24,27,30-59H2,1-3H3,(H,69,70)/b10-7-,19-16-,28-25-,29-26-. The summed E-state index contributed by atoms with van der Waals surface area (Å²) in [5.74, 6) is -1.46. The van der Waals surface area contributed by atoms with Crippen LogP contribution in [0, 0.1) is 0 Å². The van der Waals surface area contributed by atoms with Crippen molar-refractivity contribution in [1.29, 1.82) is 0 Å². The molecule has 0 rings (SSSR count). The van der Waals surface area contributed by atoms with Crippen LogP contribution in [0.2, 0.25) is 0 Å². The highest BCUT2D eigenvalue weighted by Crippen LogP contribution is 2.43. The summed E-state index contributed by atoms with van der Waals surface area (Å²) in [5, 5.41) is 9.84. The van der Waals surface area contributed by atoms with Gasteiger partial charge in [0.05, 0.1) is 19.8 Å². The molecule has 11 nitrogen and oxygen atoms in total. The zero-order chi connectivity index (χ0) is 55.5. The van der Waals surface area contributed by atoms with E-state index in [0.29, 0.717) is 19.3 Å². The third kappa shape index (κ3) is 56.2. The van der Waals surface area contributed by atoms with Gasteiger partial charge in [-0.1, -0.05) is 256 Å². The van der Waals surface area contributed by atoms with E-state index in [1.165, 1.54) is 148 Å². The first-order valence-electron chi connectivity index (χ1n) is 31.5. The Hall–Kier alpha value is -2.56. The van der Waals surface area contributed by atoms with E-state index in [1.807, 2.05) is 0 Å². The molecule has 0 saturated carbocycles. The Labute approximate surface area is 466 Å². The average molecular weight is 1090 g/mol. The molecule has 0 spiro atoms. The molecule has 0 bridgehead atoms. The second-order valence-electron chi connectivity index (χ2n) is 21.2. The molecule has 0 saturated heterocycles. The summed E-state index contributed by atoms with van der Waals surface area (Å²) in [5.41, 5.74) is 0. The number of phosphoric ester groups is 1. The zero-order valence-corrected chi connectivity index (χ0v) is 50.1. The van der Waals surface area contributed by atoms with Gasteiger partial charge < -0.3 is 24.2 Å². The lowest BCUT2D eigenvalue weighted by Crippen LogP contribution is -2.30. The molecule has 76 heavy (non-hydrogen) atoms. The minimum atomic E-state index is -4.75. The fraction of sp³-hybridized carbons (Fsp3) is 0.828. The van der Waals surface area contributed by atoms with Crippen molar-refractivity contribution in [3.63, 3.8) is 0 Å². The van der Waals surface area contributed by atoms with Gasteiger partial charge in [-0.15, -0.1) is 0 Å². The quantitative estimate of drug-likeness (QED) is 0.0197. The van der Waals surface area contributed by atoms with Crippen LogP contribution < -0.4 is 0 Å². The van der Waals surface area contributed by atoms with Crippen LogP contribution in [0.4, 0.5) is 0 Å². The molecule has 3 unspecified atom stereocenters. The molecule has 444 valence electrons. The first-order chi connectivity index (χ1) is 37.2. The first-order valence-corrected chi connectivity index (χ1v) is 33.0. The summed E-state index contributed by atoms with van der Waals surface area (Å²) in [6, 6.07) is 0. The average Bonchev–Trinajstić information content (AvgIpc) is 3.41. The Morgan fingerprint density at radius 3 is 1.07 bits per heavy atom. The molecule has 3 atom stereocenters. The molecular formula is C64H117O11P. The number of allylic oxidation sites excluding steroid dienone is 8. The van der Waals surface area contributed by atoms with Crippen molar-refractivity contribution < 1.29 is 52.2 Å². The number of carbonyl (C=O) groups excluding carboxylic acids is 3. The number of phosphoric acid groups is 1. The van der Waals surface area contributed by atoms with Gasteiger partial charge in [0.1, 0.15) is 12.7 Å². The Morgan fingerprint density at radius 1 is 0.382 bits per heavy atom. The number of unbranched alkanes of at least 4 members (excludes halogenated alkanes) is 34. The number of rotatable bonds is 59. The number of hydrogen-bond donors (Lipinski definition) is 2. The van der Waals surface area contributed by atoms with Gasteiger partial charge in [0, 0.05) is 19.3 Å². The molecular weight excluding hydrogens is 976 g/mol. The van der Waals surface area contributed by atoms with Crippen LogP contribution in [0.15, 0.2) is 48.6 Å². The van der Waals surface area contributed by atoms with Crippen molar-refractivity contribution in [3.8, 4) is 0 Å². The van der Waals surface area contributed by atoms with Crippen molar-refractivity contribution in [3.05, 3.63) is 48.6 Å². The molecule has 0 amide bonds. The van der Waals surface area contributed by atoms with Crippen LogP contribution in [-0.4, -0.2) is 66.5 Å². The van der Waals surface area contributed by atoms with E-state index >= 15 is 0 Å². The smallest absolute Gasteiger partial charge is 0.462 e. The molecule has 0 aliphatic carbocycles. The van der Waals surface area contributed by atoms with Crippen molar-refractivity contribution >= 4 is 25.7 Å². The number of carbonyl (C=O) groups is 3. The fourth-order valence-electron chi connectivity index (χ4n) is 8.96. The second kappa shape index (κ2) is 58.6. The first kappa shape index (κ1) is 73.4. The SMILES string of the molecule is CC/C=C\C/C=C\C/C=C\CCCCCCCCCC(=O)OCC(COP(=O)(O)OCC(CO)OC(=O)CCCCCCCCCCCCCCCCC)OC(=O)CCCCCCCCC/C=C\CCCCCCCC. The van der Waals surface area contributed by atoms with Gasteiger partial charge in [-0.25, -0.2) is 4.57 Å². The topological polar surface area (TPSA) is 155 Å². The van der Waals surface area contributed by atoms with Gasteiger partial charge in [-0.2, -0.15) is 0 Å². The Balaban J connectivity index is 4.70. The second-order valence-corrected chi connectivity index (χ2v) is 22.7. The minimum absolute atomic E-state index is 0.163. The highest BCUT2D eigenvalue weighted by molar-refractivity contribution is 7.47. The van der Waals surface area contributed by atoms with Gasteiger partial charge in [0.15, 0.2) is 6.10 Å². The van der Waals surface area contributed by atoms with E-state index < -0.39 is 57.8 Å². The van der Waals surface area contributed by atoms with Crippen LogP contribution in [-0.2, 0) is 42.2 Å². The molecule has 0 aromatic rings. The number of ether oxygens (including phenoxy) is 3. The summed E-state index contributed by atoms with van der Waals surface area (Å²) in [7, 11) is -4.75. The number of hydrogen-bond acceptors (Lipinski definition) is 10. The van der Waals surface area contributed by atoms with Gasteiger partial charge >= 0.3 is 25.7 Å². The minimum Gasteiger partial charge on any atom is -0.462 e. The van der Waals surface area contributed by atoms with Crippen LogP contribution in [0.25, 0.3) is 0 Å². The Morgan fingerprint density at radius 2 is 0.684 bits per heavy atom. The third-order valence-electron chi connectivity index (χ3n) is 13.7. The molecule has 0 fully saturated rings. The van der Waals surface area contributed by atoms with E-state index in [9.17, 15) is 28.9 Å². The molecule has 0 heterocycles. The van der Waals surface area contributed by atoms with Gasteiger partial charge in [-0.05, 0) is 77.0 Å². The normalized spacial score (nSPS) is 13.6. The lowest BCUT2D eigenvalue weighted by atomic mass is 10.0. The summed E-state index contributed by atoms with van der Waals surface area (Å²) in [6.07, 6.45) is 63.4. The maximum absolute atomic E-state index is 12.9. The van der Waals surface area contributed by atoms with Gasteiger partial charge in [0.2, 0.25) is 0 Å². The third-order valence-corrected chi connectivity index (χ3v) is 14.7. The summed E-state index contributed by atoms with van der Waals surface area (Å²) in [6.45, 7) is 4.57. The Kier molecular flexibility index (Phi) is 56.6. The van der Waals surface area contributed by atoms with E-state index in [4.69, 9.17) is 23.3 Å². The van der Waals surface area contributed by atoms with Crippen molar-refractivity contribution in [2.24, 2.45) is 0 Å². The summed E-state index contributed by atoms with van der Waals surface area (Å²) >= 11 is 0. The molecule has 0 aliphatic heterocycles. The lowest BCUT2D eigenvalue weighted by molar-refractivity contribution is -0.161. The molecule has 0 aliphatic rings. The zero-order valence-electron chi connectivity index (χ0n) is 49.2. The van der Waals surface area contributed by atoms with Crippen LogP contribution >= 0.6 is 7.82 Å². The largest absolute Gasteiger partial charge is 0.472 e. The van der Waals surface area contributed by atoms with Crippen LogP contribution in [0.5, 0.6) is 0 Å². The van der Waals surface area contributed by atoms with E-state index in [2.05, 4.69) is 69.4 Å². The molecule has 0 aromatic heterocycles. The van der Waals surface area contributed by atoms with Gasteiger partial charge in [0.25, 0.3) is 0 Å². The molecule has 2 N–H and O–H groups in total. The summed E-state index contributed by atoms with van der Waals surface area (Å²) in [4.78, 5) is 48.7. The number of aliphatic hydroxyl groups excluding tert-OH is 1. The van der Waals surface area contributed by atoms with Crippen LogP contribution in [0.1, 0.15) is 303 Å². The molecule has 0 radical (unpaired) electrons. The maximum Gasteiger partial charge on any atom is 0.472 e. The predicted molar refractivity (Wildman–Crippen MR) is 316 cm³/mol. The van der Waals surface area contributed by atoms with Gasteiger partial charge in [-0.3, -0.25) is 23.4 Å². The highest BCUT2D eigenvalue weighted by atomic mass is 31.2. The Bertz CT molecular complexity index is 1460. The molecule has 0 aromatic carbocycles. The van der Waals surface area contributed by atoms with Crippen molar-refractivity contribution in [1.82, 2.24) is 0 Å². The maximum atomic E-state index is 12.9. The highest BCUT2D eigenvalue weighted by Gasteiger charge is 2.28. The van der Waals surface area contributed by atoms with E-state index in [0.717, 1.165) is 96.3 Å². The van der Waals surface area contributed by atoms with E-state index in [1.54, 1.807) is 0 Å². The van der Waals surface area contributed by atoms with E-state index in [-0.39, 0.29) is 25.9 Å². The monoisotopic (exact) mass is 1090 g/mol. The number of aliphatic hydroxyl groups is 1. The summed E-state index contributed by atoms with van der Waals surface area (Å²) < 4.78 is 39.7. The lowest BCUT2D eigenvalue weighted by Gasteiger charge is -2.21. The fourth-order valence-corrected chi connectivity index (χ4v) is 9.74.